The number of piperidine rings is 1. The van der Waals surface area contributed by atoms with Crippen LogP contribution in [-0.2, 0) is 20.7 Å². The number of nitrogens with zero attached hydrogens (tertiary/aromatic N) is 5. The van der Waals surface area contributed by atoms with E-state index in [0.29, 0.717) is 25.9 Å². The number of aromatic nitrogens is 4. The number of ether oxygens (including phenoxy) is 1. The lowest BCUT2D eigenvalue weighted by Crippen LogP contribution is -2.43. The van der Waals surface area contributed by atoms with Crippen LogP contribution in [0.25, 0.3) is 0 Å². The molecule has 8 heteroatoms. The first kappa shape index (κ1) is 18.0. The second-order valence-corrected chi connectivity index (χ2v) is 6.54. The molecule has 0 bridgehead atoms. The Labute approximate surface area is 152 Å². The number of amides is 1. The number of tetrazole rings is 1. The van der Waals surface area contributed by atoms with Crippen molar-refractivity contribution in [2.24, 2.45) is 5.92 Å². The van der Waals surface area contributed by atoms with Crippen LogP contribution in [0, 0.1) is 5.92 Å². The molecule has 1 aromatic heterocycles. The molecule has 2 aromatic rings. The van der Waals surface area contributed by atoms with Crippen LogP contribution in [0.2, 0.25) is 0 Å². The quantitative estimate of drug-likeness (QED) is 0.723. The van der Waals surface area contributed by atoms with Crippen LogP contribution >= 0.6 is 0 Å². The summed E-state index contributed by atoms with van der Waals surface area (Å²) in [6.45, 7) is 1.27. The number of hydrogen-bond donors (Lipinski definition) is 0. The fourth-order valence-corrected chi connectivity index (χ4v) is 3.33. The number of methoxy groups -OCH3 is 1. The summed E-state index contributed by atoms with van der Waals surface area (Å²) >= 11 is 0. The van der Waals surface area contributed by atoms with Gasteiger partial charge in [0.05, 0.1) is 7.11 Å². The summed E-state index contributed by atoms with van der Waals surface area (Å²) in [7, 11) is 1.40. The van der Waals surface area contributed by atoms with Gasteiger partial charge in [0.2, 0.25) is 5.91 Å². The zero-order valence-corrected chi connectivity index (χ0v) is 14.8. The van der Waals surface area contributed by atoms with Crippen LogP contribution in [-0.4, -0.2) is 57.2 Å². The van der Waals surface area contributed by atoms with Gasteiger partial charge in [-0.2, -0.15) is 0 Å². The molecular weight excluding hydrogens is 334 g/mol. The van der Waals surface area contributed by atoms with Crippen molar-refractivity contribution in [3.05, 3.63) is 42.2 Å². The average Bonchev–Trinajstić information content (AvgIpc) is 3.21. The van der Waals surface area contributed by atoms with E-state index in [-0.39, 0.29) is 17.8 Å². The lowest BCUT2D eigenvalue weighted by molar-refractivity contribution is -0.142. The highest BCUT2D eigenvalue weighted by molar-refractivity contribution is 5.80. The summed E-state index contributed by atoms with van der Waals surface area (Å²) in [4.78, 5) is 26.4. The van der Waals surface area contributed by atoms with Crippen molar-refractivity contribution in [1.29, 1.82) is 0 Å². The Morgan fingerprint density at radius 3 is 2.58 bits per heavy atom. The molecule has 1 aromatic carbocycles. The van der Waals surface area contributed by atoms with Gasteiger partial charge in [-0.1, -0.05) is 30.3 Å². The Balaban J connectivity index is 1.66. The van der Waals surface area contributed by atoms with E-state index in [1.54, 1.807) is 0 Å². The highest BCUT2D eigenvalue weighted by atomic mass is 16.5. The number of hydrogen-bond acceptors (Lipinski definition) is 6. The highest BCUT2D eigenvalue weighted by Gasteiger charge is 2.31. The normalized spacial score (nSPS) is 16.3. The van der Waals surface area contributed by atoms with Crippen molar-refractivity contribution in [1.82, 2.24) is 25.1 Å². The molecule has 1 aliphatic rings. The van der Waals surface area contributed by atoms with Crippen LogP contribution in [0.1, 0.15) is 30.9 Å². The van der Waals surface area contributed by atoms with E-state index in [1.807, 2.05) is 35.2 Å². The maximum absolute atomic E-state index is 13.1. The van der Waals surface area contributed by atoms with Crippen molar-refractivity contribution in [3.63, 3.8) is 0 Å². The van der Waals surface area contributed by atoms with E-state index in [1.165, 1.54) is 18.1 Å². The summed E-state index contributed by atoms with van der Waals surface area (Å²) in [5.41, 5.74) is 1.06. The molecular formula is C18H23N5O3. The summed E-state index contributed by atoms with van der Waals surface area (Å²) in [5, 5.41) is 11.3. The van der Waals surface area contributed by atoms with E-state index in [2.05, 4.69) is 15.5 Å². The van der Waals surface area contributed by atoms with Gasteiger partial charge in [-0.3, -0.25) is 9.59 Å². The molecule has 2 heterocycles. The minimum absolute atomic E-state index is 0.0117. The van der Waals surface area contributed by atoms with Crippen molar-refractivity contribution in [2.75, 3.05) is 20.2 Å². The average molecular weight is 357 g/mol. The predicted molar refractivity (Wildman–Crippen MR) is 92.9 cm³/mol. The van der Waals surface area contributed by atoms with Gasteiger partial charge in [0.15, 0.2) is 0 Å². The fourth-order valence-electron chi connectivity index (χ4n) is 3.33. The number of likely N-dealkylation sites (tertiary alicyclic amines) is 1. The lowest BCUT2D eigenvalue weighted by Gasteiger charge is -2.33. The molecule has 1 aliphatic heterocycles. The Kier molecular flexibility index (Phi) is 5.93. The van der Waals surface area contributed by atoms with Crippen LogP contribution < -0.4 is 0 Å². The Morgan fingerprint density at radius 2 is 1.96 bits per heavy atom. The Morgan fingerprint density at radius 1 is 1.23 bits per heavy atom. The molecule has 0 saturated carbocycles. The van der Waals surface area contributed by atoms with Gasteiger partial charge in [0.1, 0.15) is 12.4 Å². The third kappa shape index (κ3) is 4.44. The summed E-state index contributed by atoms with van der Waals surface area (Å²) in [6, 6.07) is 9.37. The topological polar surface area (TPSA) is 90.2 Å². The van der Waals surface area contributed by atoms with Gasteiger partial charge < -0.3 is 9.64 Å². The monoisotopic (exact) mass is 357 g/mol. The van der Waals surface area contributed by atoms with Crippen molar-refractivity contribution >= 4 is 11.9 Å². The molecule has 8 nitrogen and oxygen atoms in total. The third-order valence-electron chi connectivity index (χ3n) is 4.85. The van der Waals surface area contributed by atoms with E-state index in [9.17, 15) is 9.59 Å². The highest BCUT2D eigenvalue weighted by Crippen LogP contribution is 2.24. The number of benzene rings is 1. The smallest absolute Gasteiger partial charge is 0.305 e. The van der Waals surface area contributed by atoms with E-state index >= 15 is 0 Å². The van der Waals surface area contributed by atoms with Crippen LogP contribution in [0.5, 0.6) is 0 Å². The zero-order chi connectivity index (χ0) is 18.4. The first-order valence-corrected chi connectivity index (χ1v) is 8.79. The van der Waals surface area contributed by atoms with Gasteiger partial charge in [0.25, 0.3) is 0 Å². The molecule has 0 spiro atoms. The van der Waals surface area contributed by atoms with Gasteiger partial charge in [-0.25, -0.2) is 4.68 Å². The van der Waals surface area contributed by atoms with Gasteiger partial charge in [-0.15, -0.1) is 5.10 Å². The molecule has 138 valence electrons. The molecule has 1 amide bonds. The fraction of sp³-hybridized carbons (Fsp3) is 0.500. The van der Waals surface area contributed by atoms with Crippen LogP contribution in [0.15, 0.2) is 36.7 Å². The van der Waals surface area contributed by atoms with Gasteiger partial charge >= 0.3 is 5.97 Å². The molecule has 1 saturated heterocycles. The van der Waals surface area contributed by atoms with E-state index < -0.39 is 6.04 Å². The maximum Gasteiger partial charge on any atom is 0.305 e. The number of carbonyl (C=O) groups excluding carboxylic acids is 2. The minimum Gasteiger partial charge on any atom is -0.469 e. The molecule has 0 radical (unpaired) electrons. The zero-order valence-electron chi connectivity index (χ0n) is 14.8. The predicted octanol–water partition coefficient (Wildman–Crippen LogP) is 1.26. The SMILES string of the molecule is COC(=O)CC1CCN(C(=O)C(Cc2ccccc2)n2cnnn2)CC1. The second kappa shape index (κ2) is 8.55. The van der Waals surface area contributed by atoms with Gasteiger partial charge in [-0.05, 0) is 34.7 Å². The van der Waals surface area contributed by atoms with Crippen molar-refractivity contribution in [3.8, 4) is 0 Å². The number of esters is 1. The standard InChI is InChI=1S/C18H23N5O3/c1-26-17(24)12-15-7-9-22(10-8-15)18(25)16(23-13-19-20-21-23)11-14-5-3-2-4-6-14/h2-6,13,15-16H,7-12H2,1H3. The molecule has 1 unspecified atom stereocenters. The summed E-state index contributed by atoms with van der Waals surface area (Å²) in [6.07, 6.45) is 4.03. The second-order valence-electron chi connectivity index (χ2n) is 6.54. The Hall–Kier alpha value is -2.77. The molecule has 1 fully saturated rings. The number of carbonyl (C=O) groups is 2. The first-order chi connectivity index (χ1) is 12.7. The van der Waals surface area contributed by atoms with Gasteiger partial charge in [0, 0.05) is 25.9 Å². The van der Waals surface area contributed by atoms with Crippen molar-refractivity contribution < 1.29 is 14.3 Å². The lowest BCUT2D eigenvalue weighted by atomic mass is 9.93. The van der Waals surface area contributed by atoms with E-state index in [0.717, 1.165) is 18.4 Å². The minimum atomic E-state index is -0.468. The van der Waals surface area contributed by atoms with Crippen LogP contribution in [0.3, 0.4) is 0 Å². The summed E-state index contributed by atoms with van der Waals surface area (Å²) < 4.78 is 6.26. The first-order valence-electron chi connectivity index (χ1n) is 8.79. The van der Waals surface area contributed by atoms with E-state index in [4.69, 9.17) is 4.74 Å². The number of rotatable bonds is 6. The molecule has 1 atom stereocenters. The Bertz CT molecular complexity index is 712. The third-order valence-corrected chi connectivity index (χ3v) is 4.85. The maximum atomic E-state index is 13.1. The largest absolute Gasteiger partial charge is 0.469 e. The molecule has 0 N–H and O–H groups in total. The molecule has 0 aliphatic carbocycles. The molecule has 3 rings (SSSR count). The molecule has 26 heavy (non-hydrogen) atoms. The van der Waals surface area contributed by atoms with Crippen molar-refractivity contribution in [2.45, 2.75) is 31.7 Å². The summed E-state index contributed by atoms with van der Waals surface area (Å²) in [5.74, 6) is 0.0928. The van der Waals surface area contributed by atoms with Crippen LogP contribution in [0.4, 0.5) is 0 Å².